The Hall–Kier alpha value is -2.69. The molecule has 1 heterocycles. The van der Waals surface area contributed by atoms with Crippen LogP contribution in [0.15, 0.2) is 34.2 Å². The Morgan fingerprint density at radius 1 is 1.00 bits per heavy atom. The number of hydrogen-bond donors (Lipinski definition) is 5. The molecule has 0 saturated carbocycles. The molecule has 12 nitrogen and oxygen atoms in total. The van der Waals surface area contributed by atoms with E-state index in [1.165, 1.54) is 12.3 Å². The average Bonchev–Trinajstić information content (AvgIpc) is 3.10. The molecule has 0 aliphatic heterocycles. The van der Waals surface area contributed by atoms with Crippen LogP contribution in [0.25, 0.3) is 11.0 Å². The van der Waals surface area contributed by atoms with Gasteiger partial charge in [-0.25, -0.2) is 0 Å². The van der Waals surface area contributed by atoms with Crippen molar-refractivity contribution in [1.29, 1.82) is 5.41 Å². The van der Waals surface area contributed by atoms with Gasteiger partial charge >= 0.3 is 0 Å². The van der Waals surface area contributed by atoms with Crippen LogP contribution < -0.4 is 10.4 Å². The summed E-state index contributed by atoms with van der Waals surface area (Å²) in [5.41, 5.74) is -1.99. The molecule has 0 amide bonds. The predicted molar refractivity (Wildman–Crippen MR) is 101 cm³/mol. The summed E-state index contributed by atoms with van der Waals surface area (Å²) in [7, 11) is -15.8. The van der Waals surface area contributed by atoms with Crippen molar-refractivity contribution in [3.8, 4) is 0 Å². The van der Waals surface area contributed by atoms with E-state index in [-0.39, 0.29) is 5.69 Å². The van der Waals surface area contributed by atoms with Gasteiger partial charge in [-0.2, -0.15) is 25.3 Å². The second kappa shape index (κ2) is 6.93. The van der Waals surface area contributed by atoms with Crippen LogP contribution in [-0.4, -0.2) is 55.4 Å². The lowest BCUT2D eigenvalue weighted by Gasteiger charge is -2.16. The van der Waals surface area contributed by atoms with Crippen LogP contribution in [0.3, 0.4) is 0 Å². The number of H-pyrrole nitrogens is 1. The van der Waals surface area contributed by atoms with Gasteiger partial charge in [0, 0.05) is 28.8 Å². The van der Waals surface area contributed by atoms with Gasteiger partial charge in [0.1, 0.15) is 9.79 Å². The number of fused-ring (bicyclic) bond motifs is 1. The number of nitrogens with one attached hydrogen (secondary N) is 2. The maximum absolute atomic E-state index is 12.9. The molecule has 30 heavy (non-hydrogen) atoms. The van der Waals surface area contributed by atoms with Crippen molar-refractivity contribution in [2.24, 2.45) is 0 Å². The SMILES string of the molecule is N=C1C=c2c(S(=O)(=O)O)c(C(=O)c3ccc[nH]3)c(S(=O)(=O)O)cc2=C(S(=O)(=O)O)C1. The van der Waals surface area contributed by atoms with Crippen LogP contribution >= 0.6 is 0 Å². The van der Waals surface area contributed by atoms with Crippen molar-refractivity contribution in [2.75, 3.05) is 0 Å². The Kier molecular flexibility index (Phi) is 5.08. The molecule has 15 heteroatoms. The molecular weight excluding hydrogens is 464 g/mol. The van der Waals surface area contributed by atoms with Crippen LogP contribution in [0.4, 0.5) is 0 Å². The third-order valence-corrected chi connectivity index (χ3v) is 6.98. The molecular formula is C15H12N2O10S3. The lowest BCUT2D eigenvalue weighted by molar-refractivity contribution is 0.102. The maximum atomic E-state index is 12.9. The first-order valence-electron chi connectivity index (χ1n) is 7.72. The van der Waals surface area contributed by atoms with Crippen molar-refractivity contribution in [3.63, 3.8) is 0 Å². The summed E-state index contributed by atoms with van der Waals surface area (Å²) >= 11 is 0. The average molecular weight is 476 g/mol. The number of carbonyl (C=O) groups excluding carboxylic acids is 1. The minimum atomic E-state index is -5.41. The van der Waals surface area contributed by atoms with E-state index >= 15 is 0 Å². The summed E-state index contributed by atoms with van der Waals surface area (Å²) < 4.78 is 100. The van der Waals surface area contributed by atoms with Gasteiger partial charge in [-0.3, -0.25) is 18.5 Å². The zero-order valence-corrected chi connectivity index (χ0v) is 17.0. The van der Waals surface area contributed by atoms with Crippen LogP contribution in [-0.2, 0) is 30.4 Å². The molecule has 1 aromatic heterocycles. The number of aromatic amines is 1. The fraction of sp³-hybridized carbons (Fsp3) is 0.0667. The van der Waals surface area contributed by atoms with E-state index in [0.717, 1.165) is 12.1 Å². The monoisotopic (exact) mass is 476 g/mol. The van der Waals surface area contributed by atoms with Crippen molar-refractivity contribution >= 4 is 52.8 Å². The van der Waals surface area contributed by atoms with Gasteiger partial charge in [0.05, 0.1) is 16.2 Å². The number of rotatable bonds is 5. The van der Waals surface area contributed by atoms with Gasteiger partial charge in [-0.1, -0.05) is 0 Å². The highest BCUT2D eigenvalue weighted by Crippen LogP contribution is 2.24. The molecule has 0 atom stereocenters. The van der Waals surface area contributed by atoms with E-state index in [4.69, 9.17) is 5.41 Å². The maximum Gasteiger partial charge on any atom is 0.295 e. The summed E-state index contributed by atoms with van der Waals surface area (Å²) in [5.74, 6) is -1.26. The lowest BCUT2D eigenvalue weighted by Crippen LogP contribution is -2.41. The fourth-order valence-electron chi connectivity index (χ4n) is 3.04. The van der Waals surface area contributed by atoms with Gasteiger partial charge in [0.15, 0.2) is 0 Å². The minimum Gasteiger partial charge on any atom is -0.359 e. The van der Waals surface area contributed by atoms with Crippen molar-refractivity contribution in [2.45, 2.75) is 16.2 Å². The third-order valence-electron chi connectivity index (χ3n) is 4.17. The third kappa shape index (κ3) is 3.85. The second-order valence-corrected chi connectivity index (χ2v) is 10.3. The Bertz CT molecular complexity index is 1550. The molecule has 1 aromatic carbocycles. The molecule has 0 fully saturated rings. The van der Waals surface area contributed by atoms with Crippen LogP contribution in [0.5, 0.6) is 0 Å². The van der Waals surface area contributed by atoms with Gasteiger partial charge in [0.2, 0.25) is 5.78 Å². The van der Waals surface area contributed by atoms with Crippen LogP contribution in [0.2, 0.25) is 0 Å². The Morgan fingerprint density at radius 2 is 1.63 bits per heavy atom. The van der Waals surface area contributed by atoms with Crippen molar-refractivity contribution < 1.29 is 43.7 Å². The molecule has 0 unspecified atom stereocenters. The van der Waals surface area contributed by atoms with E-state index in [1.807, 2.05) is 0 Å². The zero-order chi connectivity index (χ0) is 22.6. The van der Waals surface area contributed by atoms with Gasteiger partial charge in [-0.15, -0.1) is 0 Å². The fourth-order valence-corrected chi connectivity index (χ4v) is 5.52. The van der Waals surface area contributed by atoms with E-state index in [2.05, 4.69) is 4.98 Å². The van der Waals surface area contributed by atoms with E-state index in [0.29, 0.717) is 6.07 Å². The summed E-state index contributed by atoms with van der Waals surface area (Å²) in [4.78, 5) is 11.7. The molecule has 0 radical (unpaired) electrons. The number of aromatic nitrogens is 1. The summed E-state index contributed by atoms with van der Waals surface area (Å²) in [6, 6.07) is 2.98. The van der Waals surface area contributed by atoms with E-state index in [1.54, 1.807) is 0 Å². The summed E-state index contributed by atoms with van der Waals surface area (Å²) in [6.45, 7) is 0. The standard InChI is InChI=1S/C15H12N2O10S3/c16-7-4-9-8(11(5-7)28(19,20)21)6-12(29(22,23)24)13(15(9)30(25,26)27)14(18)10-2-1-3-17-10/h1-4,6,16-17H,5H2,(H,19,20,21)(H,22,23,24)(H,25,26,27). The molecule has 1 aliphatic carbocycles. The first kappa shape index (κ1) is 22.0. The Balaban J connectivity index is 2.75. The van der Waals surface area contributed by atoms with Crippen molar-refractivity contribution in [3.05, 3.63) is 46.1 Å². The van der Waals surface area contributed by atoms with Crippen molar-refractivity contribution in [1.82, 2.24) is 4.98 Å². The molecule has 0 spiro atoms. The number of benzene rings is 1. The summed E-state index contributed by atoms with van der Waals surface area (Å²) in [5, 5.41) is 6.32. The molecule has 1 aliphatic rings. The zero-order valence-electron chi connectivity index (χ0n) is 14.5. The van der Waals surface area contributed by atoms with Crippen LogP contribution in [0, 0.1) is 5.41 Å². The molecule has 160 valence electrons. The molecule has 5 N–H and O–H groups in total. The largest absolute Gasteiger partial charge is 0.359 e. The Morgan fingerprint density at radius 3 is 2.10 bits per heavy atom. The molecule has 2 aromatic rings. The van der Waals surface area contributed by atoms with Gasteiger partial charge < -0.3 is 10.4 Å². The summed E-state index contributed by atoms with van der Waals surface area (Å²) in [6.07, 6.45) is 1.33. The lowest BCUT2D eigenvalue weighted by atomic mass is 10.0. The van der Waals surface area contributed by atoms with E-state index < -0.39 is 79.0 Å². The molecule has 0 bridgehead atoms. The highest BCUT2D eigenvalue weighted by Gasteiger charge is 2.34. The number of ketones is 1. The number of carbonyl (C=O) groups is 1. The second-order valence-electron chi connectivity index (χ2n) is 6.15. The van der Waals surface area contributed by atoms with Gasteiger partial charge in [-0.05, 0) is 24.3 Å². The normalized spacial score (nSPS) is 14.9. The topological polar surface area (TPSA) is 220 Å². The smallest absolute Gasteiger partial charge is 0.295 e. The quantitative estimate of drug-likeness (QED) is 0.260. The molecule has 3 rings (SSSR count). The first-order valence-corrected chi connectivity index (χ1v) is 12.0. The first-order chi connectivity index (χ1) is 13.6. The van der Waals surface area contributed by atoms with Crippen LogP contribution in [0.1, 0.15) is 22.5 Å². The van der Waals surface area contributed by atoms with E-state index in [9.17, 15) is 43.7 Å². The predicted octanol–water partition coefficient (Wildman–Crippen LogP) is -1.06. The highest BCUT2D eigenvalue weighted by atomic mass is 32.2. The number of hydrogen-bond acceptors (Lipinski definition) is 8. The Labute approximate surface area is 169 Å². The highest BCUT2D eigenvalue weighted by molar-refractivity contribution is 7.95. The van der Waals surface area contributed by atoms with Gasteiger partial charge in [0.25, 0.3) is 30.4 Å². The minimum absolute atomic E-state index is 0.311. The molecule has 0 saturated heterocycles.